The number of hydrogen-bond donors (Lipinski definition) is 1. The molecule has 1 atom stereocenters. The Hall–Kier alpha value is -1.26. The minimum Gasteiger partial charge on any atom is -0.388 e. The topological polar surface area (TPSA) is 33.1 Å². The lowest BCUT2D eigenvalue weighted by atomic mass is 10.0. The highest BCUT2D eigenvalue weighted by Crippen LogP contribution is 2.22. The number of aliphatic hydroxyl groups is 1. The highest BCUT2D eigenvalue weighted by molar-refractivity contribution is 9.10. The van der Waals surface area contributed by atoms with Crippen LogP contribution in [-0.2, 0) is 6.42 Å². The van der Waals surface area contributed by atoms with Crippen molar-refractivity contribution in [3.63, 3.8) is 0 Å². The van der Waals surface area contributed by atoms with Crippen molar-refractivity contribution in [1.82, 2.24) is 4.98 Å². The van der Waals surface area contributed by atoms with E-state index < -0.39 is 6.10 Å². The van der Waals surface area contributed by atoms with Gasteiger partial charge in [-0.05, 0) is 55.3 Å². The predicted octanol–water partition coefficient (Wildman–Crippen LogP) is 3.88. The van der Waals surface area contributed by atoms with Crippen LogP contribution >= 0.6 is 15.9 Å². The fourth-order valence-corrected chi connectivity index (χ4v) is 2.64. The van der Waals surface area contributed by atoms with Crippen molar-refractivity contribution in [1.29, 1.82) is 0 Å². The first-order valence-corrected chi connectivity index (χ1v) is 6.81. The Kier molecular flexibility index (Phi) is 4.32. The van der Waals surface area contributed by atoms with Crippen molar-refractivity contribution in [3.05, 3.63) is 63.1 Å². The zero-order valence-corrected chi connectivity index (χ0v) is 12.4. The second kappa shape index (κ2) is 5.80. The van der Waals surface area contributed by atoms with E-state index in [-0.39, 0.29) is 5.82 Å². The van der Waals surface area contributed by atoms with Gasteiger partial charge in [-0.2, -0.15) is 0 Å². The molecule has 100 valence electrons. The molecule has 2 aromatic rings. The van der Waals surface area contributed by atoms with Crippen molar-refractivity contribution >= 4 is 15.9 Å². The van der Waals surface area contributed by atoms with Gasteiger partial charge in [0.05, 0.1) is 6.10 Å². The second-order valence-corrected chi connectivity index (χ2v) is 5.60. The molecule has 1 unspecified atom stereocenters. The molecule has 2 nitrogen and oxygen atoms in total. The molecule has 1 N–H and O–H groups in total. The monoisotopic (exact) mass is 323 g/mol. The number of pyridine rings is 1. The van der Waals surface area contributed by atoms with E-state index in [1.807, 2.05) is 32.0 Å². The Morgan fingerprint density at radius 1 is 1.16 bits per heavy atom. The number of nitrogens with zero attached hydrogens (tertiary/aromatic N) is 1. The summed E-state index contributed by atoms with van der Waals surface area (Å²) in [5.41, 5.74) is 3.31. The third-order valence-corrected chi connectivity index (χ3v) is 3.30. The zero-order chi connectivity index (χ0) is 14.0. The summed E-state index contributed by atoms with van der Waals surface area (Å²) in [6.45, 7) is 3.78. The van der Waals surface area contributed by atoms with Crippen molar-refractivity contribution in [2.24, 2.45) is 0 Å². The number of aliphatic hydroxyl groups excluding tert-OH is 1. The molecule has 0 spiro atoms. The van der Waals surface area contributed by atoms with E-state index in [9.17, 15) is 9.50 Å². The first-order valence-electron chi connectivity index (χ1n) is 6.02. The van der Waals surface area contributed by atoms with Gasteiger partial charge < -0.3 is 5.11 Å². The molecule has 0 bridgehead atoms. The van der Waals surface area contributed by atoms with Crippen molar-refractivity contribution in [2.45, 2.75) is 26.4 Å². The maximum Gasteiger partial charge on any atom is 0.124 e. The number of aromatic nitrogens is 1. The lowest BCUT2D eigenvalue weighted by molar-refractivity contribution is 0.178. The normalized spacial score (nSPS) is 12.5. The average molecular weight is 324 g/mol. The molecule has 0 fully saturated rings. The molecular formula is C15H15BrFNO. The standard InChI is InChI=1S/C15H15BrFNO/c1-9-3-12(4-10(2)18-9)15(19)7-11-5-13(16)8-14(17)6-11/h3-6,8,15,19H,7H2,1-2H3. The molecule has 4 heteroatoms. The SMILES string of the molecule is Cc1cc(C(O)Cc2cc(F)cc(Br)c2)cc(C)n1. The van der Waals surface area contributed by atoms with Crippen LogP contribution in [0.3, 0.4) is 0 Å². The zero-order valence-electron chi connectivity index (χ0n) is 10.8. The molecule has 0 aliphatic rings. The Bertz CT molecular complexity index is 560. The van der Waals surface area contributed by atoms with Crippen LogP contribution in [0.5, 0.6) is 0 Å². The van der Waals surface area contributed by atoms with Gasteiger partial charge >= 0.3 is 0 Å². The van der Waals surface area contributed by atoms with Crippen LogP contribution in [0.1, 0.15) is 28.6 Å². The van der Waals surface area contributed by atoms with Gasteiger partial charge in [0, 0.05) is 22.3 Å². The van der Waals surface area contributed by atoms with Crippen LogP contribution in [0, 0.1) is 19.7 Å². The van der Waals surface area contributed by atoms with Crippen LogP contribution < -0.4 is 0 Å². The smallest absolute Gasteiger partial charge is 0.124 e. The third-order valence-electron chi connectivity index (χ3n) is 2.84. The van der Waals surface area contributed by atoms with Gasteiger partial charge in [-0.25, -0.2) is 4.39 Å². The van der Waals surface area contributed by atoms with E-state index in [2.05, 4.69) is 20.9 Å². The Balaban J connectivity index is 2.22. The van der Waals surface area contributed by atoms with Gasteiger partial charge in [-0.1, -0.05) is 15.9 Å². The highest BCUT2D eigenvalue weighted by Gasteiger charge is 2.11. The number of benzene rings is 1. The molecule has 0 aliphatic carbocycles. The van der Waals surface area contributed by atoms with E-state index in [1.165, 1.54) is 12.1 Å². The second-order valence-electron chi connectivity index (χ2n) is 4.68. The van der Waals surface area contributed by atoms with E-state index in [1.54, 1.807) is 0 Å². The summed E-state index contributed by atoms with van der Waals surface area (Å²) in [6, 6.07) is 8.36. The Morgan fingerprint density at radius 3 is 2.37 bits per heavy atom. The molecule has 1 heterocycles. The predicted molar refractivity (Wildman–Crippen MR) is 76.5 cm³/mol. The summed E-state index contributed by atoms with van der Waals surface area (Å²) >= 11 is 3.25. The van der Waals surface area contributed by atoms with Gasteiger partial charge in [0.15, 0.2) is 0 Å². The van der Waals surface area contributed by atoms with Gasteiger partial charge in [-0.3, -0.25) is 4.98 Å². The maximum atomic E-state index is 13.3. The lowest BCUT2D eigenvalue weighted by Crippen LogP contribution is -2.04. The summed E-state index contributed by atoms with van der Waals surface area (Å²) in [7, 11) is 0. The summed E-state index contributed by atoms with van der Waals surface area (Å²) in [5.74, 6) is -0.307. The summed E-state index contributed by atoms with van der Waals surface area (Å²) in [5, 5.41) is 10.2. The van der Waals surface area contributed by atoms with E-state index in [4.69, 9.17) is 0 Å². The largest absolute Gasteiger partial charge is 0.388 e. The van der Waals surface area contributed by atoms with Crippen molar-refractivity contribution < 1.29 is 9.50 Å². The quantitative estimate of drug-likeness (QED) is 0.929. The first-order chi connectivity index (χ1) is 8.94. The minimum absolute atomic E-state index is 0.307. The van der Waals surface area contributed by atoms with E-state index in [0.717, 1.165) is 22.5 Å². The van der Waals surface area contributed by atoms with Crippen LogP contribution in [0.25, 0.3) is 0 Å². The number of hydrogen-bond acceptors (Lipinski definition) is 2. The minimum atomic E-state index is -0.658. The van der Waals surface area contributed by atoms with E-state index >= 15 is 0 Å². The number of halogens is 2. The van der Waals surface area contributed by atoms with Crippen LogP contribution in [0.2, 0.25) is 0 Å². The van der Waals surface area contributed by atoms with Crippen LogP contribution in [-0.4, -0.2) is 10.1 Å². The molecule has 19 heavy (non-hydrogen) atoms. The first kappa shape index (κ1) is 14.2. The summed E-state index contributed by atoms with van der Waals surface area (Å²) < 4.78 is 14.0. The van der Waals surface area contributed by atoms with Gasteiger partial charge in [0.2, 0.25) is 0 Å². The van der Waals surface area contributed by atoms with Crippen LogP contribution in [0.4, 0.5) is 4.39 Å². The molecule has 0 amide bonds. The summed E-state index contributed by atoms with van der Waals surface area (Å²) in [6.07, 6.45) is -0.284. The Labute approximate surface area is 120 Å². The number of rotatable bonds is 3. The van der Waals surface area contributed by atoms with Crippen molar-refractivity contribution in [3.8, 4) is 0 Å². The maximum absolute atomic E-state index is 13.3. The molecule has 0 aliphatic heterocycles. The summed E-state index contributed by atoms with van der Waals surface area (Å²) in [4.78, 5) is 4.27. The molecule has 1 aromatic heterocycles. The highest BCUT2D eigenvalue weighted by atomic mass is 79.9. The molecule has 1 aromatic carbocycles. The fourth-order valence-electron chi connectivity index (χ4n) is 2.13. The molecule has 2 rings (SSSR count). The third kappa shape index (κ3) is 3.85. The van der Waals surface area contributed by atoms with Crippen molar-refractivity contribution in [2.75, 3.05) is 0 Å². The Morgan fingerprint density at radius 2 is 1.79 bits per heavy atom. The van der Waals surface area contributed by atoms with Crippen LogP contribution in [0.15, 0.2) is 34.8 Å². The molecule has 0 saturated carbocycles. The van der Waals surface area contributed by atoms with E-state index in [0.29, 0.717) is 10.9 Å². The average Bonchev–Trinajstić information content (AvgIpc) is 2.25. The molecular weight excluding hydrogens is 309 g/mol. The van der Waals surface area contributed by atoms with Gasteiger partial charge in [-0.15, -0.1) is 0 Å². The van der Waals surface area contributed by atoms with Gasteiger partial charge in [0.1, 0.15) is 5.82 Å². The number of aryl methyl sites for hydroxylation is 2. The van der Waals surface area contributed by atoms with Gasteiger partial charge in [0.25, 0.3) is 0 Å². The lowest BCUT2D eigenvalue weighted by Gasteiger charge is -2.13. The molecule has 0 radical (unpaired) electrons. The molecule has 0 saturated heterocycles. The fraction of sp³-hybridized carbons (Fsp3) is 0.267.